The monoisotopic (exact) mass is 446 g/mol. The third-order valence-electron chi connectivity index (χ3n) is 7.00. The van der Waals surface area contributed by atoms with E-state index in [0.29, 0.717) is 5.69 Å². The molecule has 2 saturated heterocycles. The van der Waals surface area contributed by atoms with Gasteiger partial charge < -0.3 is 9.64 Å². The Balaban J connectivity index is 1.30. The summed E-state index contributed by atoms with van der Waals surface area (Å²) in [4.78, 5) is 54.0. The van der Waals surface area contributed by atoms with Gasteiger partial charge in [-0.25, -0.2) is 4.90 Å². The number of hydrogen-bond acceptors (Lipinski definition) is 5. The number of aryl methyl sites for hydroxylation is 1. The molecule has 7 heteroatoms. The van der Waals surface area contributed by atoms with E-state index in [9.17, 15) is 19.2 Å². The van der Waals surface area contributed by atoms with E-state index in [1.54, 1.807) is 29.2 Å². The van der Waals surface area contributed by atoms with Crippen LogP contribution in [0.4, 0.5) is 11.4 Å². The van der Waals surface area contributed by atoms with Gasteiger partial charge in [0.1, 0.15) is 5.75 Å². The van der Waals surface area contributed by atoms with Gasteiger partial charge in [-0.1, -0.05) is 37.1 Å². The van der Waals surface area contributed by atoms with Crippen LogP contribution in [-0.2, 0) is 19.2 Å². The second-order valence-electron chi connectivity index (χ2n) is 9.12. The number of hydrogen-bond donors (Lipinski definition) is 0. The third kappa shape index (κ3) is 3.81. The summed E-state index contributed by atoms with van der Waals surface area (Å²) < 4.78 is 5.58. The van der Waals surface area contributed by atoms with Gasteiger partial charge in [0.05, 0.1) is 23.4 Å². The fourth-order valence-electron chi connectivity index (χ4n) is 5.27. The first-order valence-electron chi connectivity index (χ1n) is 11.5. The summed E-state index contributed by atoms with van der Waals surface area (Å²) in [7, 11) is 0. The van der Waals surface area contributed by atoms with Crippen LogP contribution < -0.4 is 14.5 Å². The predicted octanol–water partition coefficient (Wildman–Crippen LogP) is 3.63. The van der Waals surface area contributed by atoms with Gasteiger partial charge >= 0.3 is 5.97 Å². The molecule has 3 amide bonds. The molecule has 2 heterocycles. The lowest BCUT2D eigenvalue weighted by molar-refractivity contribution is -0.139. The molecule has 1 aliphatic carbocycles. The third-order valence-corrected chi connectivity index (χ3v) is 7.00. The summed E-state index contributed by atoms with van der Waals surface area (Å²) >= 11 is 0. The van der Waals surface area contributed by atoms with Crippen LogP contribution in [0.3, 0.4) is 0 Å². The van der Waals surface area contributed by atoms with Crippen molar-refractivity contribution in [2.24, 2.45) is 17.8 Å². The predicted molar refractivity (Wildman–Crippen MR) is 122 cm³/mol. The summed E-state index contributed by atoms with van der Waals surface area (Å²) in [6.45, 7) is 2.19. The van der Waals surface area contributed by atoms with Crippen molar-refractivity contribution < 1.29 is 23.9 Å². The number of para-hydroxylation sites is 1. The van der Waals surface area contributed by atoms with Crippen LogP contribution in [0.5, 0.6) is 5.75 Å². The van der Waals surface area contributed by atoms with Crippen molar-refractivity contribution in [3.8, 4) is 5.75 Å². The van der Waals surface area contributed by atoms with Crippen LogP contribution in [-0.4, -0.2) is 30.2 Å². The Labute approximate surface area is 192 Å². The van der Waals surface area contributed by atoms with Gasteiger partial charge in [-0.05, 0) is 43.5 Å². The molecule has 170 valence electrons. The minimum absolute atomic E-state index is 0.0827. The lowest BCUT2D eigenvalue weighted by atomic mass is 9.81. The largest absolute Gasteiger partial charge is 0.426 e. The van der Waals surface area contributed by atoms with Gasteiger partial charge in [0, 0.05) is 24.7 Å². The van der Waals surface area contributed by atoms with Gasteiger partial charge in [0.25, 0.3) is 0 Å². The molecule has 0 radical (unpaired) electrons. The molecule has 3 atom stereocenters. The molecule has 2 aliphatic heterocycles. The number of esters is 1. The van der Waals surface area contributed by atoms with Crippen LogP contribution >= 0.6 is 0 Å². The number of carbonyl (C=O) groups excluding carboxylic acids is 4. The minimum atomic E-state index is -0.585. The SMILES string of the molecule is Cc1ccccc1N1C[C@H](C(=O)Oc2cccc(N3C(=O)[C@H]4CCCC[C@@H]4C3=O)c2)CC1=O. The van der Waals surface area contributed by atoms with E-state index in [0.717, 1.165) is 36.9 Å². The summed E-state index contributed by atoms with van der Waals surface area (Å²) in [5, 5.41) is 0. The molecule has 7 nitrogen and oxygen atoms in total. The van der Waals surface area contributed by atoms with E-state index in [-0.39, 0.29) is 48.3 Å². The average molecular weight is 447 g/mol. The second kappa shape index (κ2) is 8.46. The highest BCUT2D eigenvalue weighted by Crippen LogP contribution is 2.40. The Bertz CT molecular complexity index is 1120. The number of benzene rings is 2. The molecule has 3 fully saturated rings. The first kappa shape index (κ1) is 21.4. The zero-order chi connectivity index (χ0) is 23.1. The van der Waals surface area contributed by atoms with E-state index in [2.05, 4.69) is 0 Å². The maximum atomic E-state index is 12.9. The zero-order valence-corrected chi connectivity index (χ0v) is 18.5. The summed E-state index contributed by atoms with van der Waals surface area (Å²) in [6.07, 6.45) is 3.50. The van der Waals surface area contributed by atoms with E-state index in [4.69, 9.17) is 4.74 Å². The Morgan fingerprint density at radius 3 is 2.33 bits per heavy atom. The van der Waals surface area contributed by atoms with Crippen molar-refractivity contribution >= 4 is 35.1 Å². The Kier molecular flexibility index (Phi) is 5.48. The Morgan fingerprint density at radius 1 is 0.939 bits per heavy atom. The highest BCUT2D eigenvalue weighted by atomic mass is 16.5. The number of ether oxygens (including phenoxy) is 1. The fraction of sp³-hybridized carbons (Fsp3) is 0.385. The molecule has 0 spiro atoms. The van der Waals surface area contributed by atoms with Crippen LogP contribution in [0, 0.1) is 24.7 Å². The number of carbonyl (C=O) groups is 4. The summed E-state index contributed by atoms with van der Waals surface area (Å²) in [6, 6.07) is 14.1. The molecule has 33 heavy (non-hydrogen) atoms. The molecule has 0 unspecified atom stereocenters. The van der Waals surface area contributed by atoms with Crippen molar-refractivity contribution in [1.82, 2.24) is 0 Å². The van der Waals surface area contributed by atoms with Crippen LogP contribution in [0.2, 0.25) is 0 Å². The van der Waals surface area contributed by atoms with Crippen LogP contribution in [0.25, 0.3) is 0 Å². The van der Waals surface area contributed by atoms with Gasteiger partial charge in [-0.15, -0.1) is 0 Å². The number of amides is 3. The maximum absolute atomic E-state index is 12.9. The smallest absolute Gasteiger partial charge is 0.316 e. The second-order valence-corrected chi connectivity index (χ2v) is 9.12. The van der Waals surface area contributed by atoms with Crippen molar-refractivity contribution in [1.29, 1.82) is 0 Å². The normalized spacial score (nSPS) is 24.9. The van der Waals surface area contributed by atoms with Gasteiger partial charge in [0.15, 0.2) is 0 Å². The lowest BCUT2D eigenvalue weighted by Crippen LogP contribution is -2.31. The molecule has 2 aromatic rings. The molecule has 2 aromatic carbocycles. The number of nitrogens with zero attached hydrogens (tertiary/aromatic N) is 2. The highest BCUT2D eigenvalue weighted by Gasteiger charge is 2.48. The topological polar surface area (TPSA) is 84.0 Å². The molecular formula is C26H26N2O5. The van der Waals surface area contributed by atoms with E-state index in [1.807, 2.05) is 31.2 Å². The lowest BCUT2D eigenvalue weighted by Gasteiger charge is -2.19. The van der Waals surface area contributed by atoms with Gasteiger partial charge in [-0.3, -0.25) is 19.2 Å². The Hall–Kier alpha value is -3.48. The molecule has 5 rings (SSSR count). The fourth-order valence-corrected chi connectivity index (χ4v) is 5.27. The van der Waals surface area contributed by atoms with E-state index in [1.165, 1.54) is 4.90 Å². The zero-order valence-electron chi connectivity index (χ0n) is 18.5. The number of imide groups is 1. The number of fused-ring (bicyclic) bond motifs is 1. The first-order chi connectivity index (χ1) is 15.9. The van der Waals surface area contributed by atoms with E-state index >= 15 is 0 Å². The summed E-state index contributed by atoms with van der Waals surface area (Å²) in [5.41, 5.74) is 2.19. The number of rotatable bonds is 4. The molecule has 3 aliphatic rings. The van der Waals surface area contributed by atoms with Crippen molar-refractivity contribution in [2.45, 2.75) is 39.0 Å². The molecule has 1 saturated carbocycles. The van der Waals surface area contributed by atoms with Crippen molar-refractivity contribution in [3.63, 3.8) is 0 Å². The van der Waals surface area contributed by atoms with Crippen LogP contribution in [0.15, 0.2) is 48.5 Å². The van der Waals surface area contributed by atoms with Crippen LogP contribution in [0.1, 0.15) is 37.7 Å². The standard InChI is InChI=1S/C26H26N2O5/c1-16-7-2-5-12-22(16)27-15-17(13-23(27)29)26(32)33-19-9-6-8-18(14-19)28-24(30)20-10-3-4-11-21(20)25(28)31/h2,5-9,12,14,17,20-21H,3-4,10-11,13,15H2,1H3/t17-,20+,21+/m1/s1. The molecule has 0 aromatic heterocycles. The molecule has 0 bridgehead atoms. The quantitative estimate of drug-likeness (QED) is 0.407. The van der Waals surface area contributed by atoms with Crippen molar-refractivity contribution in [3.05, 3.63) is 54.1 Å². The van der Waals surface area contributed by atoms with Crippen molar-refractivity contribution in [2.75, 3.05) is 16.3 Å². The maximum Gasteiger partial charge on any atom is 0.316 e. The summed E-state index contributed by atoms with van der Waals surface area (Å²) in [5.74, 6) is -1.75. The molecule has 0 N–H and O–H groups in total. The van der Waals surface area contributed by atoms with Gasteiger partial charge in [0.2, 0.25) is 17.7 Å². The van der Waals surface area contributed by atoms with Gasteiger partial charge in [-0.2, -0.15) is 0 Å². The minimum Gasteiger partial charge on any atom is -0.426 e. The van der Waals surface area contributed by atoms with E-state index < -0.39 is 11.9 Å². The number of anilines is 2. The average Bonchev–Trinajstić information content (AvgIpc) is 3.32. The Morgan fingerprint density at radius 2 is 1.64 bits per heavy atom. The highest BCUT2D eigenvalue weighted by molar-refractivity contribution is 6.22. The molecular weight excluding hydrogens is 420 g/mol. The first-order valence-corrected chi connectivity index (χ1v) is 11.5.